The summed E-state index contributed by atoms with van der Waals surface area (Å²) in [5.74, 6) is -0.0627. The van der Waals surface area contributed by atoms with Crippen LogP contribution in [0.25, 0.3) is 10.2 Å². The van der Waals surface area contributed by atoms with Gasteiger partial charge in [-0.15, -0.1) is 11.3 Å². The van der Waals surface area contributed by atoms with Crippen molar-refractivity contribution in [3.8, 4) is 0 Å². The van der Waals surface area contributed by atoms with Gasteiger partial charge < -0.3 is 9.88 Å². The molecule has 31 heavy (non-hydrogen) atoms. The summed E-state index contributed by atoms with van der Waals surface area (Å²) in [5.41, 5.74) is 2.34. The molecule has 4 rings (SSSR count). The predicted molar refractivity (Wildman–Crippen MR) is 127 cm³/mol. The number of aryl methyl sites for hydroxylation is 1. The van der Waals surface area contributed by atoms with Gasteiger partial charge in [0.1, 0.15) is 0 Å². The molecule has 2 heterocycles. The second kappa shape index (κ2) is 9.90. The lowest BCUT2D eigenvalue weighted by atomic mass is 10.2. The van der Waals surface area contributed by atoms with Crippen LogP contribution in [0.15, 0.2) is 71.7 Å². The lowest BCUT2D eigenvalue weighted by molar-refractivity contribution is -0.116. The number of unbranched alkanes of at least 4 members (excludes halogenated alkanes) is 1. The van der Waals surface area contributed by atoms with Crippen molar-refractivity contribution in [1.82, 2.24) is 9.55 Å². The summed E-state index contributed by atoms with van der Waals surface area (Å²) in [6, 6.07) is 18.6. The smallest absolute Gasteiger partial charge is 0.250 e. The second-order valence-corrected chi connectivity index (χ2v) is 8.83. The Kier molecular flexibility index (Phi) is 6.79. The lowest BCUT2D eigenvalue weighted by Gasteiger charge is -2.10. The number of thiazole rings is 1. The monoisotopic (exact) mass is 451 g/mol. The Morgan fingerprint density at radius 3 is 2.68 bits per heavy atom. The van der Waals surface area contributed by atoms with Crippen molar-refractivity contribution < 1.29 is 4.79 Å². The van der Waals surface area contributed by atoms with E-state index in [4.69, 9.17) is 11.6 Å². The summed E-state index contributed by atoms with van der Waals surface area (Å²) in [6.45, 7) is 0.352. The number of rotatable bonds is 8. The van der Waals surface area contributed by atoms with Gasteiger partial charge in [-0.05, 0) is 49.1 Å². The third-order valence-corrected chi connectivity index (χ3v) is 6.41. The molecular weight excluding hydrogens is 430 g/mol. The first-order valence-corrected chi connectivity index (χ1v) is 11.4. The van der Waals surface area contributed by atoms with E-state index in [0.717, 1.165) is 35.4 Å². The zero-order valence-electron chi connectivity index (χ0n) is 16.9. The number of fused-ring (bicyclic) bond motifs is 1. The Morgan fingerprint density at radius 2 is 1.84 bits per heavy atom. The standard InChI is InChI=1S/C24H22ClN3O2S/c25-19-8-2-1-7-17(19)15-28-16-18(13-14-24(28)30)26-22(29)11-5-6-12-23-27-20-9-3-4-10-21(20)31-23/h1-4,7-10,13-14,16H,5-6,11-12,15H2,(H,26,29). The number of amides is 1. The molecule has 0 radical (unpaired) electrons. The molecule has 0 aliphatic rings. The highest BCUT2D eigenvalue weighted by Gasteiger charge is 2.08. The summed E-state index contributed by atoms with van der Waals surface area (Å²) in [6.07, 6.45) is 4.63. The van der Waals surface area contributed by atoms with Crippen LogP contribution < -0.4 is 10.9 Å². The number of para-hydroxylation sites is 1. The number of nitrogens with one attached hydrogen (secondary N) is 1. The highest BCUT2D eigenvalue weighted by atomic mass is 35.5. The molecule has 1 amide bonds. The van der Waals surface area contributed by atoms with Gasteiger partial charge in [0.25, 0.3) is 5.56 Å². The fourth-order valence-electron chi connectivity index (χ4n) is 3.35. The predicted octanol–water partition coefficient (Wildman–Crippen LogP) is 5.51. The number of benzene rings is 2. The van der Waals surface area contributed by atoms with Gasteiger partial charge in [0, 0.05) is 23.7 Å². The van der Waals surface area contributed by atoms with Crippen molar-refractivity contribution in [3.05, 3.63) is 92.8 Å². The first-order valence-electron chi connectivity index (χ1n) is 10.2. The van der Waals surface area contributed by atoms with E-state index in [1.807, 2.05) is 36.4 Å². The molecule has 0 fully saturated rings. The average molecular weight is 452 g/mol. The van der Waals surface area contributed by atoms with Crippen LogP contribution in [-0.4, -0.2) is 15.5 Å². The average Bonchev–Trinajstić information content (AvgIpc) is 3.18. The summed E-state index contributed by atoms with van der Waals surface area (Å²) >= 11 is 7.91. The van der Waals surface area contributed by atoms with Gasteiger partial charge in [-0.25, -0.2) is 4.98 Å². The van der Waals surface area contributed by atoms with E-state index in [1.54, 1.807) is 34.2 Å². The topological polar surface area (TPSA) is 64.0 Å². The van der Waals surface area contributed by atoms with E-state index >= 15 is 0 Å². The third kappa shape index (κ3) is 5.60. The van der Waals surface area contributed by atoms with Crippen LogP contribution in [0.5, 0.6) is 0 Å². The molecule has 2 aromatic carbocycles. The minimum atomic E-state index is -0.145. The van der Waals surface area contributed by atoms with E-state index in [-0.39, 0.29) is 11.5 Å². The third-order valence-electron chi connectivity index (χ3n) is 4.95. The van der Waals surface area contributed by atoms with Gasteiger partial charge in [-0.2, -0.15) is 0 Å². The van der Waals surface area contributed by atoms with Crippen molar-refractivity contribution in [2.75, 3.05) is 5.32 Å². The van der Waals surface area contributed by atoms with Crippen LogP contribution in [0.2, 0.25) is 5.02 Å². The van der Waals surface area contributed by atoms with E-state index in [2.05, 4.69) is 16.4 Å². The van der Waals surface area contributed by atoms with Gasteiger partial charge in [-0.3, -0.25) is 9.59 Å². The van der Waals surface area contributed by atoms with E-state index < -0.39 is 0 Å². The number of carbonyl (C=O) groups is 1. The zero-order valence-corrected chi connectivity index (χ0v) is 18.5. The van der Waals surface area contributed by atoms with Gasteiger partial charge in [-0.1, -0.05) is 41.9 Å². The Labute approximate surface area is 189 Å². The Hall–Kier alpha value is -2.96. The summed E-state index contributed by atoms with van der Waals surface area (Å²) in [5, 5.41) is 4.60. The van der Waals surface area contributed by atoms with Gasteiger partial charge in [0.15, 0.2) is 0 Å². The molecule has 158 valence electrons. The van der Waals surface area contributed by atoms with Crippen LogP contribution >= 0.6 is 22.9 Å². The highest BCUT2D eigenvalue weighted by molar-refractivity contribution is 7.18. The number of hydrogen-bond acceptors (Lipinski definition) is 4. The summed E-state index contributed by atoms with van der Waals surface area (Å²) in [4.78, 5) is 29.2. The molecule has 5 nitrogen and oxygen atoms in total. The largest absolute Gasteiger partial charge is 0.325 e. The fourth-order valence-corrected chi connectivity index (χ4v) is 4.56. The normalized spacial score (nSPS) is 11.0. The number of aromatic nitrogens is 2. The Bertz CT molecular complexity index is 1230. The first kappa shape index (κ1) is 21.3. The molecule has 0 bridgehead atoms. The molecule has 0 saturated carbocycles. The number of halogens is 1. The number of anilines is 1. The van der Waals surface area contributed by atoms with Gasteiger partial charge in [0.05, 0.1) is 27.5 Å². The number of carbonyl (C=O) groups excluding carboxylic acids is 1. The molecule has 0 aliphatic heterocycles. The van der Waals surface area contributed by atoms with Crippen molar-refractivity contribution in [2.45, 2.75) is 32.2 Å². The fraction of sp³-hybridized carbons (Fsp3) is 0.208. The van der Waals surface area contributed by atoms with Crippen LogP contribution in [-0.2, 0) is 17.8 Å². The summed E-state index contributed by atoms with van der Waals surface area (Å²) < 4.78 is 2.74. The number of nitrogens with zero attached hydrogens (tertiary/aromatic N) is 2. The van der Waals surface area contributed by atoms with Crippen LogP contribution in [0.4, 0.5) is 5.69 Å². The molecule has 2 aromatic heterocycles. The quantitative estimate of drug-likeness (QED) is 0.359. The minimum absolute atomic E-state index is 0.0627. The van der Waals surface area contributed by atoms with E-state index in [9.17, 15) is 9.59 Å². The maximum absolute atomic E-state index is 12.3. The molecular formula is C24H22ClN3O2S. The Morgan fingerprint density at radius 1 is 1.03 bits per heavy atom. The van der Waals surface area contributed by atoms with Crippen molar-refractivity contribution >= 4 is 44.7 Å². The minimum Gasteiger partial charge on any atom is -0.325 e. The van der Waals surface area contributed by atoms with E-state index in [1.165, 1.54) is 10.8 Å². The first-order chi connectivity index (χ1) is 15.1. The van der Waals surface area contributed by atoms with Gasteiger partial charge >= 0.3 is 0 Å². The van der Waals surface area contributed by atoms with Crippen molar-refractivity contribution in [3.63, 3.8) is 0 Å². The molecule has 0 saturated heterocycles. The van der Waals surface area contributed by atoms with E-state index in [0.29, 0.717) is 23.7 Å². The number of hydrogen-bond donors (Lipinski definition) is 1. The van der Waals surface area contributed by atoms with Gasteiger partial charge in [0.2, 0.25) is 5.91 Å². The summed E-state index contributed by atoms with van der Waals surface area (Å²) in [7, 11) is 0. The molecule has 1 N–H and O–H groups in total. The molecule has 0 atom stereocenters. The van der Waals surface area contributed by atoms with Crippen LogP contribution in [0.3, 0.4) is 0 Å². The Balaban J connectivity index is 1.29. The highest BCUT2D eigenvalue weighted by Crippen LogP contribution is 2.23. The maximum atomic E-state index is 12.3. The lowest BCUT2D eigenvalue weighted by Crippen LogP contribution is -2.21. The maximum Gasteiger partial charge on any atom is 0.250 e. The zero-order chi connectivity index (χ0) is 21.6. The van der Waals surface area contributed by atoms with Crippen LogP contribution in [0, 0.1) is 0 Å². The van der Waals surface area contributed by atoms with Crippen molar-refractivity contribution in [1.29, 1.82) is 0 Å². The van der Waals surface area contributed by atoms with Crippen LogP contribution in [0.1, 0.15) is 29.8 Å². The molecule has 0 aliphatic carbocycles. The SMILES string of the molecule is O=C(CCCCc1nc2ccccc2s1)Nc1ccc(=O)n(Cc2ccccc2Cl)c1. The molecule has 0 unspecified atom stereocenters. The molecule has 7 heteroatoms. The molecule has 0 spiro atoms. The second-order valence-electron chi connectivity index (χ2n) is 7.31. The molecule has 4 aromatic rings. The number of pyridine rings is 1. The van der Waals surface area contributed by atoms with Crippen molar-refractivity contribution in [2.24, 2.45) is 0 Å².